The van der Waals surface area contributed by atoms with Crippen LogP contribution in [0.25, 0.3) is 0 Å². The van der Waals surface area contributed by atoms with Gasteiger partial charge in [0, 0.05) is 28.2 Å². The largest absolute Gasteiger partial charge is 0.497 e. The number of carbonyl (C=O) groups excluding carboxylic acids is 2. The minimum Gasteiger partial charge on any atom is -0.497 e. The van der Waals surface area contributed by atoms with Crippen LogP contribution in [0.1, 0.15) is 32.3 Å². The maximum Gasteiger partial charge on any atom is 0.264 e. The monoisotopic (exact) mass is 639 g/mol. The Morgan fingerprint density at radius 1 is 0.951 bits per heavy atom. The standard InChI is InChI=1S/C29H32Cl3N3O5S/c1-4-5-16-33-29(37)20(2)34(18-21-6-7-23(31)17-27(21)32)28(36)19-35(24-10-8-22(30)9-11-24)41(38,39)26-14-12-25(40-3)13-15-26/h6-15,17,20H,4-5,16,18-19H2,1-3H3,(H,33,37)/t20-/m0/s1. The summed E-state index contributed by atoms with van der Waals surface area (Å²) in [6, 6.07) is 15.8. The van der Waals surface area contributed by atoms with Crippen LogP contribution in [0.15, 0.2) is 71.6 Å². The lowest BCUT2D eigenvalue weighted by Crippen LogP contribution is -2.51. The molecule has 0 aliphatic carbocycles. The highest BCUT2D eigenvalue weighted by Gasteiger charge is 2.32. The fourth-order valence-corrected chi connectivity index (χ4v) is 5.97. The van der Waals surface area contributed by atoms with Crippen molar-refractivity contribution in [2.24, 2.45) is 0 Å². The van der Waals surface area contributed by atoms with Gasteiger partial charge in [0.05, 0.1) is 17.7 Å². The van der Waals surface area contributed by atoms with Gasteiger partial charge in [-0.15, -0.1) is 0 Å². The van der Waals surface area contributed by atoms with Crippen molar-refractivity contribution in [1.29, 1.82) is 0 Å². The Balaban J connectivity index is 2.02. The number of carbonyl (C=O) groups is 2. The van der Waals surface area contributed by atoms with Gasteiger partial charge in [0.1, 0.15) is 18.3 Å². The Kier molecular flexibility index (Phi) is 11.7. The van der Waals surface area contributed by atoms with Crippen molar-refractivity contribution in [2.45, 2.75) is 44.2 Å². The van der Waals surface area contributed by atoms with E-state index in [1.165, 1.54) is 60.5 Å². The first-order chi connectivity index (χ1) is 19.5. The molecule has 0 spiro atoms. The molecule has 41 heavy (non-hydrogen) atoms. The third-order valence-corrected chi connectivity index (χ3v) is 9.02. The third kappa shape index (κ3) is 8.52. The molecule has 0 aliphatic rings. The molecular weight excluding hydrogens is 609 g/mol. The first-order valence-electron chi connectivity index (χ1n) is 12.9. The number of methoxy groups -OCH3 is 1. The number of halogens is 3. The average molecular weight is 641 g/mol. The molecule has 3 aromatic rings. The average Bonchev–Trinajstić information content (AvgIpc) is 2.95. The zero-order valence-electron chi connectivity index (χ0n) is 22.9. The topological polar surface area (TPSA) is 96.0 Å². The number of anilines is 1. The summed E-state index contributed by atoms with van der Waals surface area (Å²) in [5.41, 5.74) is 0.775. The predicted octanol–water partition coefficient (Wildman–Crippen LogP) is 6.18. The lowest BCUT2D eigenvalue weighted by atomic mass is 10.1. The highest BCUT2D eigenvalue weighted by Crippen LogP contribution is 2.28. The minimum absolute atomic E-state index is 0.0429. The SMILES string of the molecule is CCCCNC(=O)[C@H](C)N(Cc1ccc(Cl)cc1Cl)C(=O)CN(c1ccc(Cl)cc1)S(=O)(=O)c1ccc(OC)cc1. The molecule has 220 valence electrons. The van der Waals surface area contributed by atoms with Gasteiger partial charge in [-0.3, -0.25) is 13.9 Å². The van der Waals surface area contributed by atoms with Gasteiger partial charge < -0.3 is 15.0 Å². The molecule has 0 heterocycles. The molecule has 12 heteroatoms. The van der Waals surface area contributed by atoms with Crippen LogP contribution < -0.4 is 14.4 Å². The number of amides is 2. The second-order valence-electron chi connectivity index (χ2n) is 9.24. The molecule has 2 amide bonds. The second kappa shape index (κ2) is 14.8. The number of nitrogens with one attached hydrogen (secondary N) is 1. The van der Waals surface area contributed by atoms with E-state index in [1.54, 1.807) is 25.1 Å². The molecule has 3 rings (SSSR count). The van der Waals surface area contributed by atoms with Crippen LogP contribution in [0.3, 0.4) is 0 Å². The Bertz CT molecular complexity index is 1450. The summed E-state index contributed by atoms with van der Waals surface area (Å²) in [6.45, 7) is 3.41. The van der Waals surface area contributed by atoms with Crippen molar-refractivity contribution < 1.29 is 22.7 Å². The second-order valence-corrected chi connectivity index (χ2v) is 12.4. The summed E-state index contributed by atoms with van der Waals surface area (Å²) in [4.78, 5) is 28.3. The van der Waals surface area contributed by atoms with Crippen molar-refractivity contribution in [1.82, 2.24) is 10.2 Å². The summed E-state index contributed by atoms with van der Waals surface area (Å²) in [5, 5.41) is 3.97. The number of hydrogen-bond donors (Lipinski definition) is 1. The molecule has 0 aliphatic heterocycles. The van der Waals surface area contributed by atoms with Gasteiger partial charge in [-0.2, -0.15) is 0 Å². The summed E-state index contributed by atoms with van der Waals surface area (Å²) < 4.78 is 33.9. The first-order valence-corrected chi connectivity index (χ1v) is 15.5. The third-order valence-electron chi connectivity index (χ3n) is 6.39. The van der Waals surface area contributed by atoms with E-state index in [0.717, 1.165) is 17.1 Å². The first kappa shape index (κ1) is 32.5. The number of hydrogen-bond acceptors (Lipinski definition) is 5. The van der Waals surface area contributed by atoms with Crippen LogP contribution in [-0.2, 0) is 26.2 Å². The maximum absolute atomic E-state index is 14.0. The quantitative estimate of drug-likeness (QED) is 0.225. The van der Waals surface area contributed by atoms with Crippen LogP contribution in [0.4, 0.5) is 5.69 Å². The fraction of sp³-hybridized carbons (Fsp3) is 0.310. The van der Waals surface area contributed by atoms with Crippen molar-refractivity contribution in [3.8, 4) is 5.75 Å². The maximum atomic E-state index is 14.0. The molecule has 3 aromatic carbocycles. The normalized spacial score (nSPS) is 12.0. The number of benzene rings is 3. The molecule has 0 radical (unpaired) electrons. The summed E-state index contributed by atoms with van der Waals surface area (Å²) in [6.07, 6.45) is 1.66. The van der Waals surface area contributed by atoms with Crippen molar-refractivity contribution >= 4 is 62.3 Å². The number of unbranched alkanes of at least 4 members (excludes halogenated alkanes) is 1. The predicted molar refractivity (Wildman–Crippen MR) is 163 cm³/mol. The van der Waals surface area contributed by atoms with E-state index >= 15 is 0 Å². The van der Waals surface area contributed by atoms with E-state index < -0.39 is 28.5 Å². The minimum atomic E-state index is -4.23. The molecular formula is C29H32Cl3N3O5S. The molecule has 8 nitrogen and oxygen atoms in total. The number of nitrogens with zero attached hydrogens (tertiary/aromatic N) is 2. The lowest BCUT2D eigenvalue weighted by Gasteiger charge is -2.32. The van der Waals surface area contributed by atoms with Crippen LogP contribution in [0, 0.1) is 0 Å². The lowest BCUT2D eigenvalue weighted by molar-refractivity contribution is -0.139. The zero-order chi connectivity index (χ0) is 30.2. The van der Waals surface area contributed by atoms with Gasteiger partial charge in [0.25, 0.3) is 10.0 Å². The van der Waals surface area contributed by atoms with Crippen molar-refractivity contribution in [2.75, 3.05) is 24.5 Å². The van der Waals surface area contributed by atoms with Gasteiger partial charge in [-0.1, -0.05) is 54.2 Å². The molecule has 0 fully saturated rings. The smallest absolute Gasteiger partial charge is 0.264 e. The molecule has 0 bridgehead atoms. The summed E-state index contributed by atoms with van der Waals surface area (Å²) in [7, 11) is -2.75. The van der Waals surface area contributed by atoms with Crippen LogP contribution >= 0.6 is 34.8 Å². The van der Waals surface area contributed by atoms with Crippen LogP contribution in [0.5, 0.6) is 5.75 Å². The molecule has 0 saturated heterocycles. The van der Waals surface area contributed by atoms with E-state index in [1.807, 2.05) is 6.92 Å². The highest BCUT2D eigenvalue weighted by atomic mass is 35.5. The van der Waals surface area contributed by atoms with Gasteiger partial charge in [0.2, 0.25) is 11.8 Å². The fourth-order valence-electron chi connectivity index (χ4n) is 3.96. The Morgan fingerprint density at radius 2 is 1.59 bits per heavy atom. The van der Waals surface area contributed by atoms with Gasteiger partial charge in [0.15, 0.2) is 0 Å². The van der Waals surface area contributed by atoms with E-state index in [4.69, 9.17) is 39.5 Å². The Hall–Kier alpha value is -2.98. The van der Waals surface area contributed by atoms with E-state index in [-0.39, 0.29) is 23.0 Å². The summed E-state index contributed by atoms with van der Waals surface area (Å²) >= 11 is 18.5. The molecule has 1 atom stereocenters. The van der Waals surface area contributed by atoms with Crippen LogP contribution in [0.2, 0.25) is 15.1 Å². The Morgan fingerprint density at radius 3 is 2.17 bits per heavy atom. The Labute approximate surface area is 256 Å². The number of ether oxygens (including phenoxy) is 1. The molecule has 0 saturated carbocycles. The summed E-state index contributed by atoms with van der Waals surface area (Å²) in [5.74, 6) is -0.499. The van der Waals surface area contributed by atoms with E-state index in [2.05, 4.69) is 5.32 Å². The number of sulfonamides is 1. The van der Waals surface area contributed by atoms with E-state index in [9.17, 15) is 18.0 Å². The molecule has 1 N–H and O–H groups in total. The van der Waals surface area contributed by atoms with Gasteiger partial charge >= 0.3 is 0 Å². The van der Waals surface area contributed by atoms with Crippen molar-refractivity contribution in [3.63, 3.8) is 0 Å². The van der Waals surface area contributed by atoms with Gasteiger partial charge in [-0.25, -0.2) is 8.42 Å². The van der Waals surface area contributed by atoms with Crippen molar-refractivity contribution in [3.05, 3.63) is 87.4 Å². The highest BCUT2D eigenvalue weighted by molar-refractivity contribution is 7.92. The molecule has 0 unspecified atom stereocenters. The molecule has 0 aromatic heterocycles. The van der Waals surface area contributed by atoms with E-state index in [0.29, 0.717) is 32.9 Å². The number of rotatable bonds is 13. The zero-order valence-corrected chi connectivity index (χ0v) is 26.0. The van der Waals surface area contributed by atoms with Gasteiger partial charge in [-0.05, 0) is 79.6 Å². The van der Waals surface area contributed by atoms with Crippen LogP contribution in [-0.4, -0.2) is 51.4 Å².